The number of hydrogen-bond acceptors (Lipinski definition) is 7. The maximum atomic E-state index is 11.5. The van der Waals surface area contributed by atoms with Crippen molar-refractivity contribution in [2.45, 2.75) is 51.0 Å². The molecule has 1 N–H and O–H groups in total. The summed E-state index contributed by atoms with van der Waals surface area (Å²) in [6, 6.07) is 14.7. The first-order valence-electron chi connectivity index (χ1n) is 13.3. The first kappa shape index (κ1) is 25.7. The van der Waals surface area contributed by atoms with E-state index in [1.54, 1.807) is 18.3 Å². The van der Waals surface area contributed by atoms with Gasteiger partial charge in [0.25, 0.3) is 0 Å². The lowest BCUT2D eigenvalue weighted by molar-refractivity contribution is -0.0592. The van der Waals surface area contributed by atoms with E-state index >= 15 is 0 Å². The quantitative estimate of drug-likeness (QED) is 0.324. The Morgan fingerprint density at radius 1 is 1.08 bits per heavy atom. The van der Waals surface area contributed by atoms with Crippen LogP contribution in [0.15, 0.2) is 54.7 Å². The minimum absolute atomic E-state index is 0.0832. The van der Waals surface area contributed by atoms with E-state index in [1.165, 1.54) is 0 Å². The largest absolute Gasteiger partial charge is 0.478 e. The van der Waals surface area contributed by atoms with Crippen LogP contribution in [0.1, 0.15) is 46.8 Å². The third-order valence-corrected chi connectivity index (χ3v) is 7.65. The van der Waals surface area contributed by atoms with Crippen LogP contribution in [-0.4, -0.2) is 67.4 Å². The van der Waals surface area contributed by atoms with Gasteiger partial charge in [-0.25, -0.2) is 14.8 Å². The van der Waals surface area contributed by atoms with Crippen LogP contribution in [0.2, 0.25) is 5.02 Å². The molecule has 10 heteroatoms. The normalized spacial score (nSPS) is 18.2. The van der Waals surface area contributed by atoms with Crippen molar-refractivity contribution in [2.24, 2.45) is 0 Å². The Hall–Kier alpha value is -3.53. The van der Waals surface area contributed by atoms with Gasteiger partial charge in [-0.3, -0.25) is 4.90 Å². The van der Waals surface area contributed by atoms with Gasteiger partial charge in [0.15, 0.2) is 0 Å². The molecule has 2 aliphatic rings. The lowest BCUT2D eigenvalue weighted by atomic mass is 10.1. The van der Waals surface area contributed by atoms with Crippen LogP contribution in [0.5, 0.6) is 5.88 Å². The molecule has 4 aromatic rings. The van der Waals surface area contributed by atoms with Gasteiger partial charge in [0.1, 0.15) is 17.8 Å². The number of aromatic nitrogens is 4. The summed E-state index contributed by atoms with van der Waals surface area (Å²) in [4.78, 5) is 27.7. The number of piperidine rings is 1. The number of likely N-dealkylation sites (tertiary alicyclic amines) is 1. The van der Waals surface area contributed by atoms with Gasteiger partial charge in [-0.2, -0.15) is 4.98 Å². The molecule has 1 atom stereocenters. The first-order chi connectivity index (χ1) is 19.0. The zero-order valence-corrected chi connectivity index (χ0v) is 22.3. The third kappa shape index (κ3) is 6.06. The predicted octanol–water partition coefficient (Wildman–Crippen LogP) is 4.60. The monoisotopic (exact) mass is 547 g/mol. The lowest BCUT2D eigenvalue weighted by Gasteiger charge is -2.32. The van der Waals surface area contributed by atoms with E-state index < -0.39 is 5.97 Å². The van der Waals surface area contributed by atoms with Crippen molar-refractivity contribution in [3.8, 4) is 5.88 Å². The summed E-state index contributed by atoms with van der Waals surface area (Å²) in [6.45, 7) is 3.95. The Morgan fingerprint density at radius 3 is 2.59 bits per heavy atom. The van der Waals surface area contributed by atoms with Gasteiger partial charge in [0, 0.05) is 43.4 Å². The van der Waals surface area contributed by atoms with Crippen LogP contribution in [0, 0.1) is 0 Å². The number of carboxylic acids is 1. The molecule has 0 amide bonds. The average Bonchev–Trinajstić information content (AvgIpc) is 3.24. The van der Waals surface area contributed by atoms with E-state index in [9.17, 15) is 9.90 Å². The number of nitrogens with zero attached hydrogens (tertiary/aromatic N) is 5. The highest BCUT2D eigenvalue weighted by molar-refractivity contribution is 6.30. The third-order valence-electron chi connectivity index (χ3n) is 7.40. The van der Waals surface area contributed by atoms with Crippen LogP contribution < -0.4 is 4.74 Å². The number of imidazole rings is 1. The Labute approximate surface area is 231 Å². The first-order valence-corrected chi connectivity index (χ1v) is 13.7. The standard InChI is InChI=1S/C29H30ClN5O4/c30-21-4-1-19(2-5-21)15-26-31-11-7-28(33-26)39-22-8-12-34(13-9-22)18-27-32-24-16-20(29(36)37)3-6-25(24)35(27)17-23-10-14-38-23/h1-7,11,16,22-23H,8-10,12-15,17-18H2,(H,36,37)/t23-/m0/s1. The highest BCUT2D eigenvalue weighted by Gasteiger charge is 2.26. The summed E-state index contributed by atoms with van der Waals surface area (Å²) >= 11 is 5.99. The smallest absolute Gasteiger partial charge is 0.335 e. The molecule has 0 spiro atoms. The van der Waals surface area contributed by atoms with Gasteiger partial charge in [0.2, 0.25) is 5.88 Å². The molecule has 4 heterocycles. The Balaban J connectivity index is 1.09. The van der Waals surface area contributed by atoms with Crippen molar-refractivity contribution in [3.63, 3.8) is 0 Å². The number of benzene rings is 2. The second-order valence-electron chi connectivity index (χ2n) is 10.1. The maximum absolute atomic E-state index is 11.5. The molecule has 0 unspecified atom stereocenters. The highest BCUT2D eigenvalue weighted by atomic mass is 35.5. The van der Waals surface area contributed by atoms with Crippen molar-refractivity contribution in [3.05, 3.63) is 82.5 Å². The zero-order valence-electron chi connectivity index (χ0n) is 21.5. The second kappa shape index (κ2) is 11.3. The van der Waals surface area contributed by atoms with E-state index in [0.29, 0.717) is 35.2 Å². The van der Waals surface area contributed by atoms with Gasteiger partial charge >= 0.3 is 5.97 Å². The van der Waals surface area contributed by atoms with Gasteiger partial charge in [-0.05, 0) is 55.2 Å². The molecule has 0 saturated carbocycles. The fourth-order valence-electron chi connectivity index (χ4n) is 5.14. The molecule has 9 nitrogen and oxygen atoms in total. The van der Waals surface area contributed by atoms with Gasteiger partial charge in [-0.15, -0.1) is 0 Å². The van der Waals surface area contributed by atoms with Gasteiger partial charge in [0.05, 0.1) is 35.8 Å². The van der Waals surface area contributed by atoms with Crippen molar-refractivity contribution < 1.29 is 19.4 Å². The fraction of sp³-hybridized carbons (Fsp3) is 0.379. The summed E-state index contributed by atoms with van der Waals surface area (Å²) in [6.07, 6.45) is 5.41. The Morgan fingerprint density at radius 2 is 1.87 bits per heavy atom. The number of carbonyl (C=O) groups is 1. The van der Waals surface area contributed by atoms with E-state index in [-0.39, 0.29) is 17.8 Å². The van der Waals surface area contributed by atoms with Gasteiger partial charge in [-0.1, -0.05) is 23.7 Å². The fourth-order valence-corrected chi connectivity index (χ4v) is 5.27. The number of carboxylic acid groups (broad SMARTS) is 1. The van der Waals surface area contributed by atoms with E-state index in [2.05, 4.69) is 19.4 Å². The molecule has 202 valence electrons. The molecular formula is C29H30ClN5O4. The minimum atomic E-state index is -0.946. The number of hydrogen-bond donors (Lipinski definition) is 1. The van der Waals surface area contributed by atoms with Crippen LogP contribution in [0.3, 0.4) is 0 Å². The van der Waals surface area contributed by atoms with E-state index in [1.807, 2.05) is 36.4 Å². The minimum Gasteiger partial charge on any atom is -0.478 e. The van der Waals surface area contributed by atoms with Crippen molar-refractivity contribution in [1.82, 2.24) is 24.4 Å². The summed E-state index contributed by atoms with van der Waals surface area (Å²) in [7, 11) is 0. The SMILES string of the molecule is O=C(O)c1ccc2c(c1)nc(CN1CCC(Oc3ccnc(Cc4ccc(Cl)cc4)n3)CC1)n2C[C@@H]1CCO1. The molecule has 0 aliphatic carbocycles. The summed E-state index contributed by atoms with van der Waals surface area (Å²) < 4.78 is 14.1. The van der Waals surface area contributed by atoms with E-state index in [0.717, 1.165) is 62.4 Å². The molecule has 2 aliphatic heterocycles. The molecule has 2 saturated heterocycles. The zero-order chi connectivity index (χ0) is 26.8. The topological polar surface area (TPSA) is 103 Å². The molecule has 39 heavy (non-hydrogen) atoms. The number of fused-ring (bicyclic) bond motifs is 1. The summed E-state index contributed by atoms with van der Waals surface area (Å²) in [5.41, 5.74) is 3.00. The predicted molar refractivity (Wildman–Crippen MR) is 146 cm³/mol. The van der Waals surface area contributed by atoms with Crippen LogP contribution in [-0.2, 0) is 24.2 Å². The molecule has 2 aromatic heterocycles. The van der Waals surface area contributed by atoms with Crippen molar-refractivity contribution >= 4 is 28.6 Å². The maximum Gasteiger partial charge on any atom is 0.335 e. The van der Waals surface area contributed by atoms with Crippen LogP contribution in [0.4, 0.5) is 0 Å². The molecule has 2 fully saturated rings. The molecule has 0 radical (unpaired) electrons. The number of ether oxygens (including phenoxy) is 2. The van der Waals surface area contributed by atoms with Crippen LogP contribution in [0.25, 0.3) is 11.0 Å². The van der Waals surface area contributed by atoms with Crippen LogP contribution >= 0.6 is 11.6 Å². The second-order valence-corrected chi connectivity index (χ2v) is 10.6. The average molecular weight is 548 g/mol. The van der Waals surface area contributed by atoms with Gasteiger partial charge < -0.3 is 19.1 Å². The number of aromatic carboxylic acids is 1. The van der Waals surface area contributed by atoms with Crippen molar-refractivity contribution in [1.29, 1.82) is 0 Å². The lowest BCUT2D eigenvalue weighted by Crippen LogP contribution is -2.39. The van der Waals surface area contributed by atoms with Crippen molar-refractivity contribution in [2.75, 3.05) is 19.7 Å². The molecule has 6 rings (SSSR count). The molecule has 0 bridgehead atoms. The number of halogens is 1. The Kier molecular flexibility index (Phi) is 7.45. The number of rotatable bonds is 9. The molecular weight excluding hydrogens is 518 g/mol. The summed E-state index contributed by atoms with van der Waals surface area (Å²) in [5.74, 6) is 1.31. The summed E-state index contributed by atoms with van der Waals surface area (Å²) in [5, 5.41) is 10.1. The Bertz CT molecular complexity index is 1460. The molecule has 2 aromatic carbocycles. The highest BCUT2D eigenvalue weighted by Crippen LogP contribution is 2.25. The van der Waals surface area contributed by atoms with E-state index in [4.69, 9.17) is 26.1 Å².